The monoisotopic (exact) mass is 382 g/mol. The molecule has 2 fully saturated rings. The van der Waals surface area contributed by atoms with Crippen LogP contribution in [0, 0.1) is 0 Å². The molecule has 3 aromatic heterocycles. The lowest BCUT2D eigenvalue weighted by Gasteiger charge is -2.31. The summed E-state index contributed by atoms with van der Waals surface area (Å²) in [7, 11) is 0. The van der Waals surface area contributed by atoms with Crippen LogP contribution in [0.1, 0.15) is 59.5 Å². The van der Waals surface area contributed by atoms with Gasteiger partial charge in [-0.05, 0) is 43.9 Å². The van der Waals surface area contributed by atoms with E-state index in [0.29, 0.717) is 41.3 Å². The van der Waals surface area contributed by atoms with Crippen molar-refractivity contribution in [2.75, 3.05) is 13.1 Å². The van der Waals surface area contributed by atoms with Crippen LogP contribution in [0.2, 0.25) is 5.02 Å². The molecule has 0 bridgehead atoms. The lowest BCUT2D eigenvalue weighted by atomic mass is 9.92. The van der Waals surface area contributed by atoms with Crippen molar-refractivity contribution in [3.63, 3.8) is 0 Å². The smallest absolute Gasteiger partial charge is 0.276 e. The highest BCUT2D eigenvalue weighted by Gasteiger charge is 2.31. The Balaban J connectivity index is 1.26. The lowest BCUT2D eigenvalue weighted by Crippen LogP contribution is -2.38. The summed E-state index contributed by atoms with van der Waals surface area (Å²) in [5.41, 5.74) is 2.17. The molecular weight excluding hydrogens is 364 g/mol. The maximum absolute atomic E-state index is 12.7. The molecule has 1 amide bonds. The predicted molar refractivity (Wildman–Crippen MR) is 101 cm³/mol. The van der Waals surface area contributed by atoms with Gasteiger partial charge in [-0.2, -0.15) is 0 Å². The van der Waals surface area contributed by atoms with Crippen molar-refractivity contribution in [3.05, 3.63) is 52.6 Å². The SMILES string of the molecule is O=C(c1cc(C2CC2)on1)N1CCC(c2ccc3cc(Cl)cnc3n2)CC1. The third-order valence-corrected chi connectivity index (χ3v) is 5.66. The summed E-state index contributed by atoms with van der Waals surface area (Å²) in [6.07, 6.45) is 5.65. The third kappa shape index (κ3) is 3.30. The molecule has 2 aliphatic rings. The standard InChI is InChI=1S/C20H19ClN4O2/c21-15-9-14-3-4-16(23-19(14)22-11-15)12-5-7-25(8-6-12)20(26)17-10-18(27-24-17)13-1-2-13/h3-4,9-13H,1-2,5-8H2. The van der Waals surface area contributed by atoms with Crippen molar-refractivity contribution < 1.29 is 9.32 Å². The normalized spacial score (nSPS) is 18.2. The molecule has 5 rings (SSSR count). The summed E-state index contributed by atoms with van der Waals surface area (Å²) >= 11 is 5.99. The second-order valence-electron chi connectivity index (χ2n) is 7.39. The first kappa shape index (κ1) is 16.7. The molecule has 0 spiro atoms. The van der Waals surface area contributed by atoms with Crippen LogP contribution < -0.4 is 0 Å². The number of piperidine rings is 1. The highest BCUT2D eigenvalue weighted by molar-refractivity contribution is 6.31. The topological polar surface area (TPSA) is 72.1 Å². The van der Waals surface area contributed by atoms with E-state index in [2.05, 4.69) is 10.1 Å². The maximum Gasteiger partial charge on any atom is 0.276 e. The molecule has 7 heteroatoms. The minimum absolute atomic E-state index is 0.0353. The molecule has 0 N–H and O–H groups in total. The molecule has 1 aliphatic heterocycles. The van der Waals surface area contributed by atoms with Gasteiger partial charge >= 0.3 is 0 Å². The first-order chi connectivity index (χ1) is 13.2. The molecule has 1 saturated heterocycles. The van der Waals surface area contributed by atoms with Crippen LogP contribution in [0.4, 0.5) is 0 Å². The Morgan fingerprint density at radius 1 is 1.11 bits per heavy atom. The van der Waals surface area contributed by atoms with Gasteiger partial charge in [0.2, 0.25) is 0 Å². The molecule has 1 aliphatic carbocycles. The molecule has 0 aromatic carbocycles. The summed E-state index contributed by atoms with van der Waals surface area (Å²) < 4.78 is 5.32. The predicted octanol–water partition coefficient (Wildman–Crippen LogP) is 4.17. The number of pyridine rings is 2. The Hall–Kier alpha value is -2.47. The van der Waals surface area contributed by atoms with Crippen LogP contribution in [-0.4, -0.2) is 39.0 Å². The quantitative estimate of drug-likeness (QED) is 0.679. The number of hydrogen-bond donors (Lipinski definition) is 0. The molecule has 27 heavy (non-hydrogen) atoms. The van der Waals surface area contributed by atoms with Gasteiger partial charge in [0.1, 0.15) is 5.76 Å². The van der Waals surface area contributed by atoms with Gasteiger partial charge < -0.3 is 9.42 Å². The van der Waals surface area contributed by atoms with E-state index in [-0.39, 0.29) is 5.91 Å². The zero-order valence-corrected chi connectivity index (χ0v) is 15.5. The number of aromatic nitrogens is 3. The molecule has 6 nitrogen and oxygen atoms in total. The molecular formula is C20H19ClN4O2. The minimum atomic E-state index is -0.0353. The average molecular weight is 383 g/mol. The van der Waals surface area contributed by atoms with Gasteiger partial charge in [0, 0.05) is 48.3 Å². The highest BCUT2D eigenvalue weighted by Crippen LogP contribution is 2.40. The summed E-state index contributed by atoms with van der Waals surface area (Å²) in [6, 6.07) is 7.74. The van der Waals surface area contributed by atoms with Crippen molar-refractivity contribution in [2.24, 2.45) is 0 Å². The average Bonchev–Trinajstić information content (AvgIpc) is 3.44. The second kappa shape index (κ2) is 6.60. The molecule has 138 valence electrons. The summed E-state index contributed by atoms with van der Waals surface area (Å²) in [4.78, 5) is 23.5. The fraction of sp³-hybridized carbons (Fsp3) is 0.400. The van der Waals surface area contributed by atoms with E-state index in [9.17, 15) is 4.79 Å². The van der Waals surface area contributed by atoms with E-state index in [1.54, 1.807) is 6.20 Å². The van der Waals surface area contributed by atoms with E-state index in [0.717, 1.165) is 42.5 Å². The molecule has 0 radical (unpaired) electrons. The van der Waals surface area contributed by atoms with E-state index in [1.807, 2.05) is 29.2 Å². The third-order valence-electron chi connectivity index (χ3n) is 5.46. The Bertz CT molecular complexity index is 1010. The molecule has 1 saturated carbocycles. The Labute approximate surface area is 161 Å². The van der Waals surface area contributed by atoms with Crippen molar-refractivity contribution in [2.45, 2.75) is 37.5 Å². The highest BCUT2D eigenvalue weighted by atomic mass is 35.5. The summed E-state index contributed by atoms with van der Waals surface area (Å²) in [5, 5.41) is 5.53. The number of rotatable bonds is 3. The first-order valence-corrected chi connectivity index (χ1v) is 9.73. The largest absolute Gasteiger partial charge is 0.360 e. The number of amides is 1. The number of fused-ring (bicyclic) bond motifs is 1. The number of hydrogen-bond acceptors (Lipinski definition) is 5. The maximum atomic E-state index is 12.7. The molecule has 4 heterocycles. The van der Waals surface area contributed by atoms with E-state index < -0.39 is 0 Å². The second-order valence-corrected chi connectivity index (χ2v) is 7.83. The summed E-state index contributed by atoms with van der Waals surface area (Å²) in [6.45, 7) is 1.39. The zero-order valence-electron chi connectivity index (χ0n) is 14.8. The van der Waals surface area contributed by atoms with Gasteiger partial charge in [-0.1, -0.05) is 16.8 Å². The number of halogens is 1. The Kier molecular flexibility index (Phi) is 4.08. The fourth-order valence-electron chi connectivity index (χ4n) is 3.72. The number of likely N-dealkylation sites (tertiary alicyclic amines) is 1. The summed E-state index contributed by atoms with van der Waals surface area (Å²) in [5.74, 6) is 1.61. The Morgan fingerprint density at radius 2 is 1.93 bits per heavy atom. The van der Waals surface area contributed by atoms with Crippen LogP contribution in [0.15, 0.2) is 35.0 Å². The zero-order chi connectivity index (χ0) is 18.4. The van der Waals surface area contributed by atoms with Crippen molar-refractivity contribution in [1.82, 2.24) is 20.0 Å². The van der Waals surface area contributed by atoms with Crippen LogP contribution in [0.25, 0.3) is 11.0 Å². The first-order valence-electron chi connectivity index (χ1n) is 9.35. The number of nitrogens with zero attached hydrogens (tertiary/aromatic N) is 4. The lowest BCUT2D eigenvalue weighted by molar-refractivity contribution is 0.0701. The van der Waals surface area contributed by atoms with E-state index >= 15 is 0 Å². The van der Waals surface area contributed by atoms with E-state index in [1.165, 1.54) is 0 Å². The molecule has 0 atom stereocenters. The van der Waals surface area contributed by atoms with Gasteiger partial charge in [-0.15, -0.1) is 0 Å². The van der Waals surface area contributed by atoms with Gasteiger partial charge in [-0.3, -0.25) is 4.79 Å². The minimum Gasteiger partial charge on any atom is -0.360 e. The Morgan fingerprint density at radius 3 is 2.70 bits per heavy atom. The van der Waals surface area contributed by atoms with Crippen LogP contribution in [0.5, 0.6) is 0 Å². The number of carbonyl (C=O) groups excluding carboxylic acids is 1. The van der Waals surface area contributed by atoms with Crippen molar-refractivity contribution in [3.8, 4) is 0 Å². The van der Waals surface area contributed by atoms with Gasteiger partial charge in [0.25, 0.3) is 5.91 Å². The fourth-order valence-corrected chi connectivity index (χ4v) is 3.88. The van der Waals surface area contributed by atoms with Crippen molar-refractivity contribution >= 4 is 28.5 Å². The van der Waals surface area contributed by atoms with Gasteiger partial charge in [0.05, 0.1) is 5.02 Å². The van der Waals surface area contributed by atoms with E-state index in [4.69, 9.17) is 21.1 Å². The van der Waals surface area contributed by atoms with Crippen LogP contribution >= 0.6 is 11.6 Å². The molecule has 0 unspecified atom stereocenters. The van der Waals surface area contributed by atoms with Crippen LogP contribution in [-0.2, 0) is 0 Å². The number of carbonyl (C=O) groups is 1. The van der Waals surface area contributed by atoms with Crippen molar-refractivity contribution in [1.29, 1.82) is 0 Å². The molecule has 3 aromatic rings. The van der Waals surface area contributed by atoms with Crippen LogP contribution in [0.3, 0.4) is 0 Å². The van der Waals surface area contributed by atoms with Gasteiger partial charge in [0.15, 0.2) is 11.3 Å². The van der Waals surface area contributed by atoms with Gasteiger partial charge in [-0.25, -0.2) is 9.97 Å².